The van der Waals surface area contributed by atoms with Crippen LogP contribution in [0.5, 0.6) is 5.75 Å². The number of aromatic hydroxyl groups is 1. The summed E-state index contributed by atoms with van der Waals surface area (Å²) in [5, 5.41) is 10.4. The molecule has 0 saturated carbocycles. The maximum absolute atomic E-state index is 12.9. The third-order valence-electron chi connectivity index (χ3n) is 5.38. The summed E-state index contributed by atoms with van der Waals surface area (Å²) in [4.78, 5) is 32.2. The number of allylic oxidation sites excluding steroid dienone is 2. The van der Waals surface area contributed by atoms with Crippen LogP contribution in [0, 0.1) is 0 Å². The van der Waals surface area contributed by atoms with Crippen LogP contribution in [-0.4, -0.2) is 18.0 Å². The Labute approximate surface area is 231 Å². The van der Waals surface area contributed by atoms with Gasteiger partial charge in [0.05, 0.1) is 0 Å². The van der Waals surface area contributed by atoms with Gasteiger partial charge in [-0.1, -0.05) is 33.1 Å². The van der Waals surface area contributed by atoms with Crippen molar-refractivity contribution in [3.63, 3.8) is 0 Å². The van der Waals surface area contributed by atoms with Gasteiger partial charge < -0.3 is 19.8 Å². The molecular formula is C26H34NO5SY-. The molecule has 0 aliphatic rings. The zero-order chi connectivity index (χ0) is 24.2. The summed E-state index contributed by atoms with van der Waals surface area (Å²) in [5.41, 5.74) is 2.87. The Bertz CT molecular complexity index is 1020. The van der Waals surface area contributed by atoms with E-state index in [-0.39, 0.29) is 49.9 Å². The van der Waals surface area contributed by atoms with Crippen LogP contribution in [0.3, 0.4) is 0 Å². The second kappa shape index (κ2) is 16.2. The second-order valence-corrected chi connectivity index (χ2v) is 9.32. The van der Waals surface area contributed by atoms with Crippen LogP contribution in [0.4, 0.5) is 0 Å². The van der Waals surface area contributed by atoms with Crippen molar-refractivity contribution in [3.8, 4) is 5.75 Å². The summed E-state index contributed by atoms with van der Waals surface area (Å²) in [7, 11) is 1.47. The third-order valence-corrected chi connectivity index (χ3v) is 6.47. The zero-order valence-corrected chi connectivity index (χ0v) is 24.2. The number of thiophene rings is 1. The van der Waals surface area contributed by atoms with Gasteiger partial charge in [-0.25, -0.2) is 4.79 Å². The van der Waals surface area contributed by atoms with Crippen LogP contribution >= 0.6 is 11.3 Å². The van der Waals surface area contributed by atoms with E-state index in [1.165, 1.54) is 37.3 Å². The van der Waals surface area contributed by atoms with Crippen molar-refractivity contribution in [2.45, 2.75) is 71.6 Å². The third kappa shape index (κ3) is 9.61. The van der Waals surface area contributed by atoms with E-state index in [0.29, 0.717) is 24.2 Å². The number of ketones is 1. The molecule has 2 heterocycles. The average molecular weight is 562 g/mol. The maximum atomic E-state index is 12.9. The molecule has 0 aromatic carbocycles. The molecule has 1 atom stereocenters. The molecular weight excluding hydrogens is 527 g/mol. The van der Waals surface area contributed by atoms with E-state index >= 15 is 0 Å². The van der Waals surface area contributed by atoms with Crippen molar-refractivity contribution >= 4 is 23.2 Å². The first kappa shape index (κ1) is 30.5. The molecule has 0 aliphatic heterocycles. The van der Waals surface area contributed by atoms with Gasteiger partial charge in [0.2, 0.25) is 0 Å². The Kier molecular flexibility index (Phi) is 14.5. The molecule has 0 aliphatic carbocycles. The van der Waals surface area contributed by atoms with Crippen LogP contribution in [0.2, 0.25) is 0 Å². The Hall–Kier alpha value is -1.54. The molecule has 183 valence electrons. The van der Waals surface area contributed by atoms with Crippen LogP contribution in [0.1, 0.15) is 91.1 Å². The molecule has 0 bridgehead atoms. The molecule has 2 rings (SSSR count). The summed E-state index contributed by atoms with van der Waals surface area (Å²) in [5.74, 6) is -0.641. The van der Waals surface area contributed by atoms with Gasteiger partial charge in [-0.15, -0.1) is 17.4 Å². The SMILES string of the molecule is CCCCCCc1ccc(/C=C(\C)C(=O)c2c(O)cc(C(C)CC/C=C/[N-]OC)oc2=O)s1.[Y]. The van der Waals surface area contributed by atoms with Gasteiger partial charge in [-0.3, -0.25) is 4.79 Å². The number of aryl methyl sites for hydroxylation is 1. The van der Waals surface area contributed by atoms with E-state index in [1.807, 2.05) is 19.1 Å². The molecule has 0 saturated heterocycles. The smallest absolute Gasteiger partial charge is 0.351 e. The van der Waals surface area contributed by atoms with Gasteiger partial charge in [0.1, 0.15) is 17.1 Å². The van der Waals surface area contributed by atoms with Crippen molar-refractivity contribution in [1.82, 2.24) is 0 Å². The van der Waals surface area contributed by atoms with Gasteiger partial charge in [-0.2, -0.15) is 6.20 Å². The largest absolute Gasteiger partial charge is 0.569 e. The fourth-order valence-electron chi connectivity index (χ4n) is 3.43. The number of Topliss-reactive ketones (excluding diaryl/α,β-unsaturated/α-hetero) is 1. The number of unbranched alkanes of at least 4 members (excludes halogenated alkanes) is 3. The topological polar surface area (TPSA) is 90.8 Å². The predicted molar refractivity (Wildman–Crippen MR) is 134 cm³/mol. The molecule has 2 aromatic rings. The summed E-state index contributed by atoms with van der Waals surface area (Å²) in [6.45, 7) is 5.73. The van der Waals surface area contributed by atoms with Gasteiger partial charge in [0.25, 0.3) is 0 Å². The Balaban J connectivity index is 0.00000578. The monoisotopic (exact) mass is 561 g/mol. The second-order valence-electron chi connectivity index (χ2n) is 8.12. The molecule has 0 amide bonds. The molecule has 0 fully saturated rings. The first-order chi connectivity index (χ1) is 15.9. The summed E-state index contributed by atoms with van der Waals surface area (Å²) in [6, 6.07) is 5.44. The molecule has 1 N–H and O–H groups in total. The molecule has 1 unspecified atom stereocenters. The minimum atomic E-state index is -0.817. The number of carbonyl (C=O) groups excluding carboxylic acids is 1. The molecule has 0 spiro atoms. The minimum absolute atomic E-state index is 0. The fourth-order valence-corrected chi connectivity index (χ4v) is 4.48. The number of rotatable bonds is 14. The summed E-state index contributed by atoms with van der Waals surface area (Å²) >= 11 is 1.65. The standard InChI is InChI=1S/C26H34NO5S.Y/c1-5-6-7-8-12-20-13-14-21(33-20)16-19(3)25(29)24-22(28)17-23(32-26(24)30)18(2)11-9-10-15-27-31-4;/h10,13-18H,5-9,11-12H2,1-4H3,(H,28,29,30);/q-1;/b15-10+,19-16+;. The number of nitrogens with zero attached hydrogens (tertiary/aromatic N) is 1. The van der Waals surface area contributed by atoms with Crippen molar-refractivity contribution in [1.29, 1.82) is 0 Å². The quantitative estimate of drug-likeness (QED) is 0.115. The van der Waals surface area contributed by atoms with Gasteiger partial charge in [-0.05, 0) is 56.4 Å². The van der Waals surface area contributed by atoms with Crippen molar-refractivity contribution in [2.75, 3.05) is 7.11 Å². The van der Waals surface area contributed by atoms with E-state index in [2.05, 4.69) is 23.3 Å². The molecule has 34 heavy (non-hydrogen) atoms. The molecule has 6 nitrogen and oxygen atoms in total. The first-order valence-corrected chi connectivity index (χ1v) is 12.3. The Morgan fingerprint density at radius 1 is 1.29 bits per heavy atom. The zero-order valence-electron chi connectivity index (χ0n) is 20.5. The molecule has 1 radical (unpaired) electrons. The van der Waals surface area contributed by atoms with E-state index in [9.17, 15) is 14.7 Å². The van der Waals surface area contributed by atoms with E-state index in [1.54, 1.807) is 30.5 Å². The summed E-state index contributed by atoms with van der Waals surface area (Å²) < 4.78 is 5.39. The van der Waals surface area contributed by atoms with Gasteiger partial charge in [0, 0.05) is 61.6 Å². The number of hydroxylamine groups is 1. The number of carbonyl (C=O) groups is 1. The van der Waals surface area contributed by atoms with Crippen LogP contribution < -0.4 is 5.63 Å². The van der Waals surface area contributed by atoms with Crippen LogP contribution in [-0.2, 0) is 44.0 Å². The van der Waals surface area contributed by atoms with Crippen LogP contribution in [0.25, 0.3) is 11.6 Å². The molecule has 8 heteroatoms. The van der Waals surface area contributed by atoms with Crippen molar-refractivity contribution in [3.05, 3.63) is 73.0 Å². The fraction of sp³-hybridized carbons (Fsp3) is 0.462. The summed E-state index contributed by atoms with van der Waals surface area (Å²) in [6.07, 6.45) is 12.4. The van der Waals surface area contributed by atoms with E-state index in [0.717, 1.165) is 17.7 Å². The van der Waals surface area contributed by atoms with Gasteiger partial charge >= 0.3 is 5.63 Å². The minimum Gasteiger partial charge on any atom is -0.569 e. The maximum Gasteiger partial charge on any atom is 0.351 e. The number of hydrogen-bond donors (Lipinski definition) is 1. The van der Waals surface area contributed by atoms with Crippen LogP contribution in [0.15, 0.2) is 45.3 Å². The Morgan fingerprint density at radius 3 is 2.74 bits per heavy atom. The predicted octanol–water partition coefficient (Wildman–Crippen LogP) is 7.15. The Morgan fingerprint density at radius 2 is 2.06 bits per heavy atom. The normalized spacial score (nSPS) is 12.5. The average Bonchev–Trinajstić information content (AvgIpc) is 3.22. The first-order valence-electron chi connectivity index (χ1n) is 11.4. The number of hydrogen-bond acceptors (Lipinski definition) is 6. The van der Waals surface area contributed by atoms with E-state index in [4.69, 9.17) is 4.42 Å². The molecule has 2 aromatic heterocycles. The van der Waals surface area contributed by atoms with Gasteiger partial charge in [0.15, 0.2) is 5.78 Å². The van der Waals surface area contributed by atoms with E-state index < -0.39 is 11.4 Å². The van der Waals surface area contributed by atoms with Crippen molar-refractivity contribution in [2.24, 2.45) is 0 Å². The van der Waals surface area contributed by atoms with Crippen molar-refractivity contribution < 1.29 is 51.9 Å².